The van der Waals surface area contributed by atoms with Crippen molar-refractivity contribution in [2.45, 2.75) is 53.4 Å². The number of hydrogen-bond acceptors (Lipinski definition) is 5. The Balaban J connectivity index is 0.000000713. The van der Waals surface area contributed by atoms with E-state index in [1.165, 1.54) is 6.92 Å². The Labute approximate surface area is 162 Å². The second kappa shape index (κ2) is 15.9. The molecule has 6 nitrogen and oxygen atoms in total. The van der Waals surface area contributed by atoms with Crippen LogP contribution in [0.15, 0.2) is 30.3 Å². The highest BCUT2D eigenvalue weighted by atomic mass is 16.5. The summed E-state index contributed by atoms with van der Waals surface area (Å²) in [6.07, 6.45) is 2.49. The van der Waals surface area contributed by atoms with E-state index in [0.717, 1.165) is 19.4 Å². The van der Waals surface area contributed by atoms with E-state index >= 15 is 0 Å². The topological polar surface area (TPSA) is 81.7 Å². The van der Waals surface area contributed by atoms with Crippen molar-refractivity contribution in [2.75, 3.05) is 19.8 Å². The molecule has 1 N–H and O–H groups in total. The highest BCUT2D eigenvalue weighted by Gasteiger charge is 2.09. The van der Waals surface area contributed by atoms with Crippen LogP contribution in [0.2, 0.25) is 0 Å². The summed E-state index contributed by atoms with van der Waals surface area (Å²) in [5, 5.41) is 2.71. The Morgan fingerprint density at radius 2 is 1.74 bits per heavy atom. The number of benzene rings is 1. The molecule has 0 aliphatic rings. The third-order valence-electron chi connectivity index (χ3n) is 3.23. The van der Waals surface area contributed by atoms with Gasteiger partial charge in [-0.15, -0.1) is 0 Å². The first kappa shape index (κ1) is 24.6. The molecule has 1 aromatic rings. The molecule has 0 radical (unpaired) electrons. The fourth-order valence-electron chi connectivity index (χ4n) is 1.77. The molecule has 152 valence electrons. The fourth-order valence-corrected chi connectivity index (χ4v) is 1.77. The average Bonchev–Trinajstić information content (AvgIpc) is 2.64. The van der Waals surface area contributed by atoms with Gasteiger partial charge in [-0.2, -0.15) is 0 Å². The van der Waals surface area contributed by atoms with Crippen molar-refractivity contribution in [3.63, 3.8) is 0 Å². The summed E-state index contributed by atoms with van der Waals surface area (Å²) in [6.45, 7) is 8.77. The minimum atomic E-state index is -0.332. The molecular formula is C21H33NO5. The van der Waals surface area contributed by atoms with Crippen LogP contribution in [0.25, 0.3) is 0 Å². The van der Waals surface area contributed by atoms with Gasteiger partial charge < -0.3 is 14.8 Å². The smallest absolute Gasteiger partial charge is 0.306 e. The molecule has 0 aliphatic carbocycles. The summed E-state index contributed by atoms with van der Waals surface area (Å²) >= 11 is 0. The predicted molar refractivity (Wildman–Crippen MR) is 106 cm³/mol. The zero-order chi connectivity index (χ0) is 20.5. The van der Waals surface area contributed by atoms with Crippen LogP contribution in [0.4, 0.5) is 0 Å². The van der Waals surface area contributed by atoms with Crippen molar-refractivity contribution < 1.29 is 23.9 Å². The molecule has 0 saturated heterocycles. The first-order valence-electron chi connectivity index (χ1n) is 9.44. The van der Waals surface area contributed by atoms with Gasteiger partial charge in [0, 0.05) is 19.9 Å². The van der Waals surface area contributed by atoms with E-state index in [0.29, 0.717) is 18.3 Å². The summed E-state index contributed by atoms with van der Waals surface area (Å²) in [5.74, 6) is 0.588. The van der Waals surface area contributed by atoms with Gasteiger partial charge in [0.25, 0.3) is 0 Å². The lowest BCUT2D eigenvalue weighted by Gasteiger charge is -2.07. The average molecular weight is 379 g/mol. The van der Waals surface area contributed by atoms with Gasteiger partial charge in [0.2, 0.25) is 5.91 Å². The van der Waals surface area contributed by atoms with Crippen molar-refractivity contribution in [1.82, 2.24) is 5.32 Å². The van der Waals surface area contributed by atoms with E-state index < -0.39 is 0 Å². The first-order valence-corrected chi connectivity index (χ1v) is 9.44. The first-order chi connectivity index (χ1) is 12.8. The van der Waals surface area contributed by atoms with Gasteiger partial charge in [0.15, 0.2) is 5.78 Å². The number of para-hydroxylation sites is 1. The van der Waals surface area contributed by atoms with Crippen LogP contribution in [-0.2, 0) is 19.1 Å². The third kappa shape index (κ3) is 16.8. The number of unbranched alkanes of at least 4 members (excludes halogenated alkanes) is 1. The van der Waals surface area contributed by atoms with Crippen molar-refractivity contribution in [2.24, 2.45) is 5.92 Å². The molecule has 27 heavy (non-hydrogen) atoms. The molecular weight excluding hydrogens is 346 g/mol. The van der Waals surface area contributed by atoms with Crippen LogP contribution in [0, 0.1) is 5.92 Å². The molecule has 0 aliphatic heterocycles. The molecule has 0 spiro atoms. The van der Waals surface area contributed by atoms with Gasteiger partial charge in [-0.05, 0) is 24.5 Å². The molecule has 0 unspecified atom stereocenters. The lowest BCUT2D eigenvalue weighted by atomic mass is 10.2. The SMILES string of the molecule is CC(C)COC(=O)CCC(=O)COc1ccccc1.CCCCNC(C)=O. The van der Waals surface area contributed by atoms with Crippen LogP contribution < -0.4 is 10.1 Å². The van der Waals surface area contributed by atoms with Crippen molar-refractivity contribution >= 4 is 17.7 Å². The Kier molecular flexibility index (Phi) is 14.5. The van der Waals surface area contributed by atoms with Gasteiger partial charge in [-0.3, -0.25) is 14.4 Å². The van der Waals surface area contributed by atoms with Gasteiger partial charge >= 0.3 is 5.97 Å². The van der Waals surface area contributed by atoms with E-state index in [1.54, 1.807) is 12.1 Å². The Bertz CT molecular complexity index is 543. The third-order valence-corrected chi connectivity index (χ3v) is 3.23. The lowest BCUT2D eigenvalue weighted by molar-refractivity contribution is -0.146. The maximum absolute atomic E-state index is 11.5. The maximum atomic E-state index is 11.5. The van der Waals surface area contributed by atoms with E-state index in [-0.39, 0.29) is 37.1 Å². The Hall–Kier alpha value is -2.37. The number of esters is 1. The van der Waals surface area contributed by atoms with Gasteiger partial charge in [-0.1, -0.05) is 45.4 Å². The minimum absolute atomic E-state index is 0.0124. The number of carbonyl (C=O) groups is 3. The quantitative estimate of drug-likeness (QED) is 0.470. The summed E-state index contributed by atoms with van der Waals surface area (Å²) in [7, 11) is 0. The normalized spacial score (nSPS) is 9.81. The van der Waals surface area contributed by atoms with Crippen LogP contribution in [0.5, 0.6) is 5.75 Å². The number of carbonyl (C=O) groups excluding carboxylic acids is 3. The molecule has 0 bridgehead atoms. The highest BCUT2D eigenvalue weighted by Crippen LogP contribution is 2.08. The molecule has 1 rings (SSSR count). The fraction of sp³-hybridized carbons (Fsp3) is 0.571. The summed E-state index contributed by atoms with van der Waals surface area (Å²) in [4.78, 5) is 33.0. The molecule has 0 fully saturated rings. The molecule has 6 heteroatoms. The summed E-state index contributed by atoms with van der Waals surface area (Å²) in [6, 6.07) is 9.11. The predicted octanol–water partition coefficient (Wildman–Crippen LogP) is 3.54. The molecule has 1 aromatic carbocycles. The van der Waals surface area contributed by atoms with E-state index in [4.69, 9.17) is 9.47 Å². The van der Waals surface area contributed by atoms with Gasteiger partial charge in [-0.25, -0.2) is 0 Å². The van der Waals surface area contributed by atoms with Crippen molar-refractivity contribution in [3.8, 4) is 5.75 Å². The standard InChI is InChI=1S/C15H20O4.C6H13NO/c1-12(2)10-19-15(17)9-8-13(16)11-18-14-6-4-3-5-7-14;1-3-4-5-7-6(2)8/h3-7,12H,8-11H2,1-2H3;3-5H2,1-2H3,(H,7,8). The zero-order valence-electron chi connectivity index (χ0n) is 17.0. The Morgan fingerprint density at radius 3 is 2.30 bits per heavy atom. The molecule has 0 aromatic heterocycles. The monoisotopic (exact) mass is 379 g/mol. The summed E-state index contributed by atoms with van der Waals surface area (Å²) < 4.78 is 10.3. The molecule has 0 atom stereocenters. The molecule has 1 amide bonds. The number of nitrogens with one attached hydrogen (secondary N) is 1. The van der Waals surface area contributed by atoms with E-state index in [1.807, 2.05) is 32.0 Å². The van der Waals surface area contributed by atoms with Gasteiger partial charge in [0.05, 0.1) is 13.0 Å². The number of ether oxygens (including phenoxy) is 2. The van der Waals surface area contributed by atoms with Crippen LogP contribution in [0.1, 0.15) is 53.4 Å². The van der Waals surface area contributed by atoms with Crippen molar-refractivity contribution in [3.05, 3.63) is 30.3 Å². The zero-order valence-corrected chi connectivity index (χ0v) is 17.0. The van der Waals surface area contributed by atoms with Crippen molar-refractivity contribution in [1.29, 1.82) is 0 Å². The summed E-state index contributed by atoms with van der Waals surface area (Å²) in [5.41, 5.74) is 0. The largest absolute Gasteiger partial charge is 0.486 e. The molecule has 0 saturated carbocycles. The van der Waals surface area contributed by atoms with Crippen LogP contribution >= 0.6 is 0 Å². The minimum Gasteiger partial charge on any atom is -0.486 e. The number of Topliss-reactive ketones (excluding diaryl/α,β-unsaturated/α-hetero) is 1. The lowest BCUT2D eigenvalue weighted by Crippen LogP contribution is -2.20. The number of hydrogen-bond donors (Lipinski definition) is 1. The van der Waals surface area contributed by atoms with Crippen LogP contribution in [-0.4, -0.2) is 37.4 Å². The number of rotatable bonds is 11. The second-order valence-corrected chi connectivity index (χ2v) is 6.55. The van der Waals surface area contributed by atoms with Gasteiger partial charge in [0.1, 0.15) is 12.4 Å². The highest BCUT2D eigenvalue weighted by molar-refractivity contribution is 5.84. The Morgan fingerprint density at radius 1 is 1.07 bits per heavy atom. The number of ketones is 1. The second-order valence-electron chi connectivity index (χ2n) is 6.55. The number of amides is 1. The molecule has 0 heterocycles. The van der Waals surface area contributed by atoms with E-state index in [2.05, 4.69) is 12.2 Å². The maximum Gasteiger partial charge on any atom is 0.306 e. The van der Waals surface area contributed by atoms with E-state index in [9.17, 15) is 14.4 Å². The van der Waals surface area contributed by atoms with Crippen LogP contribution in [0.3, 0.4) is 0 Å².